The summed E-state index contributed by atoms with van der Waals surface area (Å²) in [5.74, 6) is 1.69. The monoisotopic (exact) mass is 433 g/mol. The Labute approximate surface area is 187 Å². The molecule has 5 heterocycles. The molecule has 32 heavy (non-hydrogen) atoms. The van der Waals surface area contributed by atoms with Crippen LogP contribution < -0.4 is 15.0 Å². The van der Waals surface area contributed by atoms with Crippen molar-refractivity contribution < 1.29 is 9.47 Å². The number of rotatable bonds is 6. The third-order valence-electron chi connectivity index (χ3n) is 5.99. The molecule has 3 aromatic rings. The second-order valence-electron chi connectivity index (χ2n) is 8.00. The Hall–Kier alpha value is -3.19. The number of hydrogen-bond acceptors (Lipinski definition) is 8. The summed E-state index contributed by atoms with van der Waals surface area (Å²) in [7, 11) is 0. The van der Waals surface area contributed by atoms with Crippen molar-refractivity contribution in [2.24, 2.45) is 0 Å². The van der Waals surface area contributed by atoms with Gasteiger partial charge in [-0.15, -0.1) is 0 Å². The van der Waals surface area contributed by atoms with Crippen molar-refractivity contribution >= 4 is 11.3 Å². The number of nitrogens with zero attached hydrogens (tertiary/aromatic N) is 6. The van der Waals surface area contributed by atoms with Crippen LogP contribution in [0.25, 0.3) is 16.6 Å². The predicted molar refractivity (Wildman–Crippen MR) is 121 cm³/mol. The Morgan fingerprint density at radius 2 is 1.97 bits per heavy atom. The fraction of sp³-hybridized carbons (Fsp3) is 0.435. The van der Waals surface area contributed by atoms with Crippen LogP contribution in [0.3, 0.4) is 0 Å². The van der Waals surface area contributed by atoms with Crippen LogP contribution in [-0.4, -0.2) is 85.1 Å². The Morgan fingerprint density at radius 1 is 1.12 bits per heavy atom. The second-order valence-corrected chi connectivity index (χ2v) is 8.00. The summed E-state index contributed by atoms with van der Waals surface area (Å²) in [5, 5.41) is 17.3. The van der Waals surface area contributed by atoms with Crippen LogP contribution in [-0.2, 0) is 4.74 Å². The highest BCUT2D eigenvalue weighted by atomic mass is 16.5. The lowest BCUT2D eigenvalue weighted by atomic mass is 10.1. The normalized spacial score (nSPS) is 17.4. The maximum Gasteiger partial charge on any atom is 0.138 e. The van der Waals surface area contributed by atoms with E-state index in [0.717, 1.165) is 87.2 Å². The van der Waals surface area contributed by atoms with Crippen LogP contribution in [0, 0.1) is 11.3 Å². The average molecular weight is 434 g/mol. The van der Waals surface area contributed by atoms with Gasteiger partial charge >= 0.3 is 0 Å². The van der Waals surface area contributed by atoms with E-state index in [0.29, 0.717) is 12.2 Å². The number of hydrogen-bond donors (Lipinski definition) is 1. The number of pyridine rings is 2. The molecule has 2 saturated heterocycles. The van der Waals surface area contributed by atoms with E-state index in [9.17, 15) is 5.26 Å². The summed E-state index contributed by atoms with van der Waals surface area (Å²) in [5.41, 5.74) is 3.13. The SMILES string of the molecule is N#Cc1cnn2cc(OCCN3CCOCC3)cc(-c3ccc(N4CCNCC4)nc3)c12. The summed E-state index contributed by atoms with van der Waals surface area (Å²) < 4.78 is 13.2. The van der Waals surface area contributed by atoms with E-state index >= 15 is 0 Å². The Bertz CT molecular complexity index is 1090. The van der Waals surface area contributed by atoms with Gasteiger partial charge in [-0.05, 0) is 18.2 Å². The first kappa shape index (κ1) is 20.7. The van der Waals surface area contributed by atoms with Crippen molar-refractivity contribution in [3.63, 3.8) is 0 Å². The second kappa shape index (κ2) is 9.53. The zero-order valence-corrected chi connectivity index (χ0v) is 18.0. The molecule has 0 aromatic carbocycles. The molecule has 0 bridgehead atoms. The van der Waals surface area contributed by atoms with Crippen molar-refractivity contribution in [1.29, 1.82) is 5.26 Å². The molecule has 3 aromatic heterocycles. The Morgan fingerprint density at radius 3 is 2.72 bits per heavy atom. The van der Waals surface area contributed by atoms with Gasteiger partial charge in [0.1, 0.15) is 24.2 Å². The summed E-state index contributed by atoms with van der Waals surface area (Å²) in [4.78, 5) is 9.32. The van der Waals surface area contributed by atoms with E-state index in [1.807, 2.05) is 24.5 Å². The quantitative estimate of drug-likeness (QED) is 0.624. The maximum absolute atomic E-state index is 9.59. The van der Waals surface area contributed by atoms with Gasteiger partial charge in [0, 0.05) is 63.1 Å². The molecule has 2 aliphatic rings. The van der Waals surface area contributed by atoms with Crippen molar-refractivity contribution in [1.82, 2.24) is 24.8 Å². The van der Waals surface area contributed by atoms with E-state index < -0.39 is 0 Å². The highest BCUT2D eigenvalue weighted by molar-refractivity contribution is 5.85. The molecule has 1 N–H and O–H groups in total. The molecule has 0 atom stereocenters. The third kappa shape index (κ3) is 4.39. The van der Waals surface area contributed by atoms with E-state index in [1.165, 1.54) is 0 Å². The van der Waals surface area contributed by atoms with Gasteiger partial charge < -0.3 is 19.7 Å². The van der Waals surface area contributed by atoms with Crippen molar-refractivity contribution in [3.05, 3.63) is 42.4 Å². The van der Waals surface area contributed by atoms with E-state index in [-0.39, 0.29) is 0 Å². The summed E-state index contributed by atoms with van der Waals surface area (Å²) in [6.45, 7) is 8.68. The molecule has 2 aliphatic heterocycles. The minimum atomic E-state index is 0.533. The number of nitriles is 1. The van der Waals surface area contributed by atoms with Crippen molar-refractivity contribution in [2.75, 3.05) is 70.5 Å². The smallest absolute Gasteiger partial charge is 0.138 e. The van der Waals surface area contributed by atoms with Gasteiger partial charge in [-0.3, -0.25) is 4.90 Å². The number of ether oxygens (including phenoxy) is 2. The van der Waals surface area contributed by atoms with Gasteiger partial charge in [0.2, 0.25) is 0 Å². The highest BCUT2D eigenvalue weighted by Gasteiger charge is 2.16. The Balaban J connectivity index is 1.40. The van der Waals surface area contributed by atoms with Gasteiger partial charge in [-0.25, -0.2) is 9.50 Å². The molecule has 0 unspecified atom stereocenters. The number of anilines is 1. The molecule has 9 heteroatoms. The average Bonchev–Trinajstić information content (AvgIpc) is 3.28. The number of aromatic nitrogens is 3. The maximum atomic E-state index is 9.59. The summed E-state index contributed by atoms with van der Waals surface area (Å²) in [6.07, 6.45) is 5.30. The number of fused-ring (bicyclic) bond motifs is 1. The summed E-state index contributed by atoms with van der Waals surface area (Å²) >= 11 is 0. The lowest BCUT2D eigenvalue weighted by Gasteiger charge is -2.28. The molecular formula is C23H27N7O2. The molecule has 0 amide bonds. The van der Waals surface area contributed by atoms with Gasteiger partial charge in [0.05, 0.1) is 36.7 Å². The van der Waals surface area contributed by atoms with Crippen LogP contribution in [0.1, 0.15) is 5.56 Å². The largest absolute Gasteiger partial charge is 0.491 e. The molecule has 0 aliphatic carbocycles. The Kier molecular flexibility index (Phi) is 6.16. The minimum Gasteiger partial charge on any atom is -0.491 e. The molecular weight excluding hydrogens is 406 g/mol. The minimum absolute atomic E-state index is 0.533. The molecule has 166 valence electrons. The number of piperazine rings is 1. The first-order valence-electron chi connectivity index (χ1n) is 11.1. The van der Waals surface area contributed by atoms with Crippen LogP contribution in [0.15, 0.2) is 36.8 Å². The molecule has 0 saturated carbocycles. The number of morpholine rings is 1. The fourth-order valence-corrected chi connectivity index (χ4v) is 4.22. The first-order chi connectivity index (χ1) is 15.8. The first-order valence-corrected chi connectivity index (χ1v) is 11.1. The van der Waals surface area contributed by atoms with E-state index in [4.69, 9.17) is 14.5 Å². The van der Waals surface area contributed by atoms with Crippen molar-refractivity contribution in [2.45, 2.75) is 0 Å². The van der Waals surface area contributed by atoms with E-state index in [2.05, 4.69) is 32.4 Å². The third-order valence-corrected chi connectivity index (χ3v) is 5.99. The van der Waals surface area contributed by atoms with E-state index in [1.54, 1.807) is 10.7 Å². The predicted octanol–water partition coefficient (Wildman–Crippen LogP) is 1.39. The van der Waals surface area contributed by atoms with Gasteiger partial charge in [-0.2, -0.15) is 10.4 Å². The zero-order valence-electron chi connectivity index (χ0n) is 18.0. The molecule has 0 radical (unpaired) electrons. The zero-order chi connectivity index (χ0) is 21.8. The van der Waals surface area contributed by atoms with Gasteiger partial charge in [0.15, 0.2) is 0 Å². The van der Waals surface area contributed by atoms with Crippen LogP contribution in [0.5, 0.6) is 5.75 Å². The highest BCUT2D eigenvalue weighted by Crippen LogP contribution is 2.31. The molecule has 9 nitrogen and oxygen atoms in total. The molecule has 5 rings (SSSR count). The van der Waals surface area contributed by atoms with Crippen LogP contribution in [0.2, 0.25) is 0 Å². The lowest BCUT2D eigenvalue weighted by Crippen LogP contribution is -2.43. The number of nitrogens with one attached hydrogen (secondary N) is 1. The topological polar surface area (TPSA) is 91.0 Å². The molecule has 2 fully saturated rings. The van der Waals surface area contributed by atoms with Gasteiger partial charge in [-0.1, -0.05) is 0 Å². The van der Waals surface area contributed by atoms with Crippen LogP contribution >= 0.6 is 0 Å². The van der Waals surface area contributed by atoms with Crippen LogP contribution in [0.4, 0.5) is 5.82 Å². The van der Waals surface area contributed by atoms with Crippen molar-refractivity contribution in [3.8, 4) is 22.9 Å². The fourth-order valence-electron chi connectivity index (χ4n) is 4.22. The lowest BCUT2D eigenvalue weighted by molar-refractivity contribution is 0.0322. The standard InChI is InChI=1S/C23H27N7O2/c24-14-19-16-27-30-17-20(32-12-9-28-7-10-31-11-8-28)13-21(23(19)30)18-1-2-22(26-15-18)29-5-3-25-4-6-29/h1-2,13,15-17,25H,3-12H2. The summed E-state index contributed by atoms with van der Waals surface area (Å²) in [6, 6.07) is 8.34. The molecule has 0 spiro atoms. The van der Waals surface area contributed by atoms with Gasteiger partial charge in [0.25, 0.3) is 0 Å².